The Bertz CT molecular complexity index is 326. The van der Waals surface area contributed by atoms with E-state index in [-0.39, 0.29) is 0 Å². The molecule has 0 aliphatic rings. The standard InChI is InChI=1S/C17H27N/c1-4-7-8-9-17(18-14-5-2)16-12-10-15(6-3)11-13-16/h4,10-13,17-18H,1,5-9,14H2,2-3H3. The Kier molecular flexibility index (Phi) is 7.43. The first kappa shape index (κ1) is 15.0. The number of benzene rings is 1. The fourth-order valence-electron chi connectivity index (χ4n) is 2.16. The Morgan fingerprint density at radius 1 is 1.22 bits per heavy atom. The van der Waals surface area contributed by atoms with Crippen LogP contribution in [-0.2, 0) is 6.42 Å². The van der Waals surface area contributed by atoms with Gasteiger partial charge in [0.25, 0.3) is 0 Å². The first-order chi connectivity index (χ1) is 8.81. The van der Waals surface area contributed by atoms with E-state index in [4.69, 9.17) is 0 Å². The molecule has 1 atom stereocenters. The number of aryl methyl sites for hydroxylation is 1. The van der Waals surface area contributed by atoms with Crippen LogP contribution in [0.25, 0.3) is 0 Å². The molecule has 0 spiro atoms. The molecule has 0 aliphatic heterocycles. The number of allylic oxidation sites excluding steroid dienone is 1. The van der Waals surface area contributed by atoms with Gasteiger partial charge in [0.1, 0.15) is 0 Å². The molecular formula is C17H27N. The lowest BCUT2D eigenvalue weighted by Gasteiger charge is -2.19. The molecule has 1 aromatic rings. The van der Waals surface area contributed by atoms with Crippen LogP contribution in [0.4, 0.5) is 0 Å². The lowest BCUT2D eigenvalue weighted by Crippen LogP contribution is -2.22. The maximum Gasteiger partial charge on any atom is 0.0320 e. The summed E-state index contributed by atoms with van der Waals surface area (Å²) in [6.45, 7) is 9.30. The summed E-state index contributed by atoms with van der Waals surface area (Å²) < 4.78 is 0. The third-order valence-electron chi connectivity index (χ3n) is 3.33. The van der Waals surface area contributed by atoms with Crippen molar-refractivity contribution >= 4 is 0 Å². The third-order valence-corrected chi connectivity index (χ3v) is 3.33. The van der Waals surface area contributed by atoms with Crippen LogP contribution >= 0.6 is 0 Å². The van der Waals surface area contributed by atoms with Gasteiger partial charge in [0.15, 0.2) is 0 Å². The summed E-state index contributed by atoms with van der Waals surface area (Å²) in [6.07, 6.45) is 7.82. The highest BCUT2D eigenvalue weighted by molar-refractivity contribution is 5.25. The molecule has 1 heteroatoms. The van der Waals surface area contributed by atoms with Gasteiger partial charge in [-0.05, 0) is 49.8 Å². The zero-order chi connectivity index (χ0) is 13.2. The lowest BCUT2D eigenvalue weighted by atomic mass is 9.99. The average molecular weight is 245 g/mol. The van der Waals surface area contributed by atoms with Gasteiger partial charge in [-0.1, -0.05) is 44.2 Å². The van der Waals surface area contributed by atoms with Gasteiger partial charge in [0.2, 0.25) is 0 Å². The third kappa shape index (κ3) is 5.05. The van der Waals surface area contributed by atoms with Crippen molar-refractivity contribution in [3.63, 3.8) is 0 Å². The number of unbranched alkanes of at least 4 members (excludes halogenated alkanes) is 1. The van der Waals surface area contributed by atoms with Crippen LogP contribution in [0.15, 0.2) is 36.9 Å². The van der Waals surface area contributed by atoms with Gasteiger partial charge in [0.05, 0.1) is 0 Å². The normalized spacial score (nSPS) is 12.3. The Morgan fingerprint density at radius 3 is 2.50 bits per heavy atom. The van der Waals surface area contributed by atoms with Crippen LogP contribution in [-0.4, -0.2) is 6.54 Å². The minimum Gasteiger partial charge on any atom is -0.310 e. The second-order valence-electron chi connectivity index (χ2n) is 4.82. The Labute approximate surface area is 112 Å². The van der Waals surface area contributed by atoms with E-state index < -0.39 is 0 Å². The molecule has 0 amide bonds. The maximum absolute atomic E-state index is 3.79. The molecule has 18 heavy (non-hydrogen) atoms. The van der Waals surface area contributed by atoms with E-state index in [0.717, 1.165) is 19.4 Å². The predicted octanol–water partition coefficient (Wildman–Crippen LogP) is 4.65. The van der Waals surface area contributed by atoms with Crippen LogP contribution in [0, 0.1) is 0 Å². The van der Waals surface area contributed by atoms with Gasteiger partial charge in [0, 0.05) is 6.04 Å². The summed E-state index contributed by atoms with van der Waals surface area (Å²) >= 11 is 0. The van der Waals surface area contributed by atoms with Crippen molar-refractivity contribution in [3.05, 3.63) is 48.0 Å². The van der Waals surface area contributed by atoms with E-state index in [1.54, 1.807) is 0 Å². The molecule has 0 saturated carbocycles. The summed E-state index contributed by atoms with van der Waals surface area (Å²) in [5.74, 6) is 0. The maximum atomic E-state index is 3.79. The van der Waals surface area contributed by atoms with Gasteiger partial charge in [-0.25, -0.2) is 0 Å². The minimum atomic E-state index is 0.496. The molecule has 0 aliphatic carbocycles. The van der Waals surface area contributed by atoms with E-state index in [2.05, 4.69) is 50.0 Å². The van der Waals surface area contributed by atoms with Crippen molar-refractivity contribution < 1.29 is 0 Å². The number of rotatable bonds is 9. The molecule has 0 aromatic heterocycles. The highest BCUT2D eigenvalue weighted by atomic mass is 14.9. The molecular weight excluding hydrogens is 218 g/mol. The molecule has 1 nitrogen and oxygen atoms in total. The quantitative estimate of drug-likeness (QED) is 0.493. The van der Waals surface area contributed by atoms with Gasteiger partial charge in [-0.3, -0.25) is 0 Å². The van der Waals surface area contributed by atoms with Crippen LogP contribution < -0.4 is 5.32 Å². The summed E-state index contributed by atoms with van der Waals surface area (Å²) in [5.41, 5.74) is 2.84. The highest BCUT2D eigenvalue weighted by Crippen LogP contribution is 2.20. The zero-order valence-corrected chi connectivity index (χ0v) is 11.9. The van der Waals surface area contributed by atoms with Crippen molar-refractivity contribution in [1.29, 1.82) is 0 Å². The molecule has 0 bridgehead atoms. The molecule has 100 valence electrons. The second kappa shape index (κ2) is 8.93. The molecule has 1 rings (SSSR count). The van der Waals surface area contributed by atoms with E-state index in [9.17, 15) is 0 Å². The van der Waals surface area contributed by atoms with Crippen molar-refractivity contribution in [3.8, 4) is 0 Å². The SMILES string of the molecule is C=CCCCC(NCCC)c1ccc(CC)cc1. The molecule has 0 fully saturated rings. The Morgan fingerprint density at radius 2 is 1.94 bits per heavy atom. The van der Waals surface area contributed by atoms with E-state index in [1.807, 2.05) is 6.08 Å². The van der Waals surface area contributed by atoms with Crippen molar-refractivity contribution in [2.24, 2.45) is 0 Å². The van der Waals surface area contributed by atoms with E-state index in [1.165, 1.54) is 30.4 Å². The predicted molar refractivity (Wildman–Crippen MR) is 80.9 cm³/mol. The zero-order valence-electron chi connectivity index (χ0n) is 11.9. The monoisotopic (exact) mass is 245 g/mol. The van der Waals surface area contributed by atoms with Crippen molar-refractivity contribution in [1.82, 2.24) is 5.32 Å². The molecule has 1 unspecified atom stereocenters. The van der Waals surface area contributed by atoms with Crippen LogP contribution in [0.2, 0.25) is 0 Å². The Hall–Kier alpha value is -1.08. The fraction of sp³-hybridized carbons (Fsp3) is 0.529. The number of nitrogens with one attached hydrogen (secondary N) is 1. The summed E-state index contributed by atoms with van der Waals surface area (Å²) in [5, 5.41) is 3.65. The summed E-state index contributed by atoms with van der Waals surface area (Å²) in [6, 6.07) is 9.56. The van der Waals surface area contributed by atoms with E-state index in [0.29, 0.717) is 6.04 Å². The largest absolute Gasteiger partial charge is 0.310 e. The van der Waals surface area contributed by atoms with Gasteiger partial charge in [-0.2, -0.15) is 0 Å². The molecule has 0 heterocycles. The van der Waals surface area contributed by atoms with Crippen molar-refractivity contribution in [2.45, 2.75) is 52.0 Å². The topological polar surface area (TPSA) is 12.0 Å². The summed E-state index contributed by atoms with van der Waals surface area (Å²) in [4.78, 5) is 0. The van der Waals surface area contributed by atoms with E-state index >= 15 is 0 Å². The minimum absolute atomic E-state index is 0.496. The average Bonchev–Trinajstić information content (AvgIpc) is 2.43. The first-order valence-electron chi connectivity index (χ1n) is 7.24. The number of hydrogen-bond donors (Lipinski definition) is 1. The second-order valence-corrected chi connectivity index (χ2v) is 4.82. The molecule has 1 N–H and O–H groups in total. The highest BCUT2D eigenvalue weighted by Gasteiger charge is 2.09. The molecule has 1 aromatic carbocycles. The Balaban J connectivity index is 2.63. The summed E-state index contributed by atoms with van der Waals surface area (Å²) in [7, 11) is 0. The molecule has 0 saturated heterocycles. The fourth-order valence-corrected chi connectivity index (χ4v) is 2.16. The van der Waals surface area contributed by atoms with Crippen LogP contribution in [0.5, 0.6) is 0 Å². The van der Waals surface area contributed by atoms with Crippen LogP contribution in [0.1, 0.15) is 56.7 Å². The van der Waals surface area contributed by atoms with Gasteiger partial charge >= 0.3 is 0 Å². The first-order valence-corrected chi connectivity index (χ1v) is 7.24. The van der Waals surface area contributed by atoms with Crippen LogP contribution in [0.3, 0.4) is 0 Å². The van der Waals surface area contributed by atoms with Crippen molar-refractivity contribution in [2.75, 3.05) is 6.54 Å². The molecule has 0 radical (unpaired) electrons. The number of hydrogen-bond acceptors (Lipinski definition) is 1. The smallest absolute Gasteiger partial charge is 0.0320 e. The van der Waals surface area contributed by atoms with Gasteiger partial charge < -0.3 is 5.32 Å². The lowest BCUT2D eigenvalue weighted by molar-refractivity contribution is 0.486. The van der Waals surface area contributed by atoms with Gasteiger partial charge in [-0.15, -0.1) is 6.58 Å².